The average Bonchev–Trinajstić information content (AvgIpc) is 2.59. The summed E-state index contributed by atoms with van der Waals surface area (Å²) in [5.41, 5.74) is 1.62. The predicted octanol–water partition coefficient (Wildman–Crippen LogP) is 2.87. The smallest absolute Gasteiger partial charge is 0.122 e. The molecular weight excluding hydrogens is 212 g/mol. The first kappa shape index (κ1) is 14.3. The van der Waals surface area contributed by atoms with Crippen LogP contribution in [-0.2, 0) is 13.1 Å². The molecule has 1 aromatic heterocycles. The molecule has 0 aliphatic heterocycles. The van der Waals surface area contributed by atoms with Crippen molar-refractivity contribution in [3.05, 3.63) is 23.7 Å². The first-order chi connectivity index (χ1) is 7.92. The monoisotopic (exact) mass is 238 g/mol. The highest BCUT2D eigenvalue weighted by Gasteiger charge is 2.15. The summed E-state index contributed by atoms with van der Waals surface area (Å²) < 4.78 is 5.51. The zero-order valence-electron chi connectivity index (χ0n) is 11.8. The van der Waals surface area contributed by atoms with Crippen LogP contribution in [-0.4, -0.2) is 25.0 Å². The molecule has 0 aliphatic carbocycles. The number of nitrogens with one attached hydrogen (secondary N) is 1. The maximum absolute atomic E-state index is 5.51. The van der Waals surface area contributed by atoms with E-state index in [0.717, 1.165) is 31.9 Å². The fourth-order valence-electron chi connectivity index (χ4n) is 2.06. The molecule has 0 aliphatic rings. The van der Waals surface area contributed by atoms with Crippen molar-refractivity contribution in [3.63, 3.8) is 0 Å². The third kappa shape index (κ3) is 5.37. The molecule has 1 rings (SSSR count). The van der Waals surface area contributed by atoms with Crippen molar-refractivity contribution in [2.24, 2.45) is 5.41 Å². The number of nitrogens with zero attached hydrogens (tertiary/aromatic N) is 1. The van der Waals surface area contributed by atoms with Gasteiger partial charge in [-0.3, -0.25) is 0 Å². The van der Waals surface area contributed by atoms with Crippen LogP contribution >= 0.6 is 0 Å². The SMILES string of the molecule is CCNCc1occc1CN(C)CC(C)(C)C. The minimum absolute atomic E-state index is 0.334. The zero-order valence-corrected chi connectivity index (χ0v) is 11.8. The van der Waals surface area contributed by atoms with E-state index in [9.17, 15) is 0 Å². The lowest BCUT2D eigenvalue weighted by Crippen LogP contribution is -2.29. The summed E-state index contributed by atoms with van der Waals surface area (Å²) in [6.45, 7) is 12.7. The van der Waals surface area contributed by atoms with Crippen LogP contribution < -0.4 is 5.32 Å². The van der Waals surface area contributed by atoms with E-state index in [-0.39, 0.29) is 0 Å². The van der Waals surface area contributed by atoms with Crippen molar-refractivity contribution in [2.75, 3.05) is 20.1 Å². The molecular formula is C14H26N2O. The van der Waals surface area contributed by atoms with Crippen molar-refractivity contribution < 1.29 is 4.42 Å². The van der Waals surface area contributed by atoms with Gasteiger partial charge in [0, 0.05) is 18.7 Å². The van der Waals surface area contributed by atoms with Gasteiger partial charge in [0.25, 0.3) is 0 Å². The first-order valence-electron chi connectivity index (χ1n) is 6.37. The summed E-state index contributed by atoms with van der Waals surface area (Å²) in [5, 5.41) is 3.30. The van der Waals surface area contributed by atoms with E-state index in [1.54, 1.807) is 6.26 Å². The number of hydrogen-bond acceptors (Lipinski definition) is 3. The van der Waals surface area contributed by atoms with Gasteiger partial charge in [0.1, 0.15) is 5.76 Å². The molecule has 0 saturated heterocycles. The largest absolute Gasteiger partial charge is 0.468 e. The fourth-order valence-corrected chi connectivity index (χ4v) is 2.06. The Hall–Kier alpha value is -0.800. The van der Waals surface area contributed by atoms with E-state index in [1.807, 2.05) is 0 Å². The molecule has 1 N–H and O–H groups in total. The van der Waals surface area contributed by atoms with Gasteiger partial charge in [0.05, 0.1) is 12.8 Å². The van der Waals surface area contributed by atoms with Crippen LogP contribution in [0.3, 0.4) is 0 Å². The van der Waals surface area contributed by atoms with Gasteiger partial charge in [-0.2, -0.15) is 0 Å². The quantitative estimate of drug-likeness (QED) is 0.826. The van der Waals surface area contributed by atoms with Gasteiger partial charge in [0.15, 0.2) is 0 Å². The molecule has 17 heavy (non-hydrogen) atoms. The lowest BCUT2D eigenvalue weighted by Gasteiger charge is -2.26. The van der Waals surface area contributed by atoms with Crippen molar-refractivity contribution in [3.8, 4) is 0 Å². The molecule has 3 nitrogen and oxygen atoms in total. The van der Waals surface area contributed by atoms with E-state index >= 15 is 0 Å². The Kier molecular flexibility index (Phi) is 5.22. The van der Waals surface area contributed by atoms with Crippen LogP contribution in [0, 0.1) is 5.41 Å². The summed E-state index contributed by atoms with van der Waals surface area (Å²) in [6, 6.07) is 2.08. The van der Waals surface area contributed by atoms with E-state index in [2.05, 4.69) is 51.0 Å². The number of rotatable bonds is 6. The van der Waals surface area contributed by atoms with Gasteiger partial charge < -0.3 is 14.6 Å². The summed E-state index contributed by atoms with van der Waals surface area (Å²) in [7, 11) is 2.16. The van der Waals surface area contributed by atoms with Crippen molar-refractivity contribution in [1.82, 2.24) is 10.2 Å². The fraction of sp³-hybridized carbons (Fsp3) is 0.714. The van der Waals surface area contributed by atoms with Gasteiger partial charge in [0.2, 0.25) is 0 Å². The molecule has 3 heteroatoms. The Morgan fingerprint density at radius 3 is 2.65 bits per heavy atom. The topological polar surface area (TPSA) is 28.4 Å². The maximum Gasteiger partial charge on any atom is 0.122 e. The first-order valence-corrected chi connectivity index (χ1v) is 6.37. The molecule has 0 radical (unpaired) electrons. The molecule has 0 aromatic carbocycles. The second-order valence-electron chi connectivity index (χ2n) is 5.88. The Bertz CT molecular complexity index is 325. The van der Waals surface area contributed by atoms with Gasteiger partial charge in [-0.05, 0) is 25.1 Å². The Morgan fingerprint density at radius 2 is 2.06 bits per heavy atom. The standard InChI is InChI=1S/C14H26N2O/c1-6-15-9-13-12(7-8-17-13)10-16(5)11-14(2,3)4/h7-8,15H,6,9-11H2,1-5H3. The summed E-state index contributed by atoms with van der Waals surface area (Å²) >= 11 is 0. The van der Waals surface area contributed by atoms with Crippen LogP contribution in [0.25, 0.3) is 0 Å². The molecule has 0 saturated carbocycles. The number of furan rings is 1. The highest BCUT2D eigenvalue weighted by molar-refractivity contribution is 5.16. The lowest BCUT2D eigenvalue weighted by atomic mass is 9.96. The summed E-state index contributed by atoms with van der Waals surface area (Å²) in [5.74, 6) is 1.06. The van der Waals surface area contributed by atoms with Crippen LogP contribution in [0.15, 0.2) is 16.7 Å². The zero-order chi connectivity index (χ0) is 12.9. The van der Waals surface area contributed by atoms with Gasteiger partial charge in [-0.1, -0.05) is 27.7 Å². The molecule has 0 unspecified atom stereocenters. The van der Waals surface area contributed by atoms with E-state index < -0.39 is 0 Å². The van der Waals surface area contributed by atoms with Gasteiger partial charge in [-0.25, -0.2) is 0 Å². The van der Waals surface area contributed by atoms with Gasteiger partial charge in [-0.15, -0.1) is 0 Å². The predicted molar refractivity (Wildman–Crippen MR) is 71.9 cm³/mol. The van der Waals surface area contributed by atoms with E-state index in [0.29, 0.717) is 5.41 Å². The molecule has 0 amide bonds. The Morgan fingerprint density at radius 1 is 1.35 bits per heavy atom. The van der Waals surface area contributed by atoms with Crippen LogP contribution in [0.4, 0.5) is 0 Å². The lowest BCUT2D eigenvalue weighted by molar-refractivity contribution is 0.219. The van der Waals surface area contributed by atoms with Crippen LogP contribution in [0.2, 0.25) is 0 Å². The van der Waals surface area contributed by atoms with Crippen LogP contribution in [0.1, 0.15) is 39.0 Å². The Labute approximate surface area is 105 Å². The second-order valence-corrected chi connectivity index (χ2v) is 5.88. The normalized spacial score (nSPS) is 12.4. The molecule has 1 heterocycles. The highest BCUT2D eigenvalue weighted by atomic mass is 16.3. The van der Waals surface area contributed by atoms with Crippen molar-refractivity contribution in [1.29, 1.82) is 0 Å². The molecule has 1 aromatic rings. The maximum atomic E-state index is 5.51. The minimum Gasteiger partial charge on any atom is -0.468 e. The molecule has 0 fully saturated rings. The third-order valence-corrected chi connectivity index (χ3v) is 2.56. The average molecular weight is 238 g/mol. The van der Waals surface area contributed by atoms with Crippen molar-refractivity contribution in [2.45, 2.75) is 40.8 Å². The summed E-state index contributed by atoms with van der Waals surface area (Å²) in [4.78, 5) is 2.35. The second kappa shape index (κ2) is 6.22. The van der Waals surface area contributed by atoms with Crippen LogP contribution in [0.5, 0.6) is 0 Å². The molecule has 0 bridgehead atoms. The molecule has 0 atom stereocenters. The Balaban J connectivity index is 2.53. The molecule has 98 valence electrons. The van der Waals surface area contributed by atoms with E-state index in [4.69, 9.17) is 4.42 Å². The highest BCUT2D eigenvalue weighted by Crippen LogP contribution is 2.18. The third-order valence-electron chi connectivity index (χ3n) is 2.56. The summed E-state index contributed by atoms with van der Waals surface area (Å²) in [6.07, 6.45) is 1.78. The van der Waals surface area contributed by atoms with Gasteiger partial charge >= 0.3 is 0 Å². The minimum atomic E-state index is 0.334. The molecule has 0 spiro atoms. The number of hydrogen-bond donors (Lipinski definition) is 1. The van der Waals surface area contributed by atoms with E-state index in [1.165, 1.54) is 5.56 Å². The van der Waals surface area contributed by atoms with Crippen molar-refractivity contribution >= 4 is 0 Å².